The lowest BCUT2D eigenvalue weighted by Crippen LogP contribution is -2.49. The van der Waals surface area contributed by atoms with Crippen molar-refractivity contribution < 1.29 is 9.53 Å². The van der Waals surface area contributed by atoms with Crippen molar-refractivity contribution in [3.8, 4) is 0 Å². The SMILES string of the molecule is O=C(OCc1ccccc1)N1CCN(CCn2ccc(=O)[nH]c2=O)CC1. The highest BCUT2D eigenvalue weighted by Gasteiger charge is 2.22. The molecule has 2 aromatic rings. The number of hydrogen-bond donors (Lipinski definition) is 1. The van der Waals surface area contributed by atoms with Gasteiger partial charge in [-0.1, -0.05) is 30.3 Å². The van der Waals surface area contributed by atoms with Gasteiger partial charge in [0.15, 0.2) is 0 Å². The molecule has 1 saturated heterocycles. The first-order chi connectivity index (χ1) is 12.6. The predicted molar refractivity (Wildman–Crippen MR) is 96.0 cm³/mol. The lowest BCUT2D eigenvalue weighted by Gasteiger charge is -2.34. The molecule has 0 radical (unpaired) electrons. The van der Waals surface area contributed by atoms with Crippen LogP contribution in [0.5, 0.6) is 0 Å². The summed E-state index contributed by atoms with van der Waals surface area (Å²) in [6, 6.07) is 10.9. The normalized spacial score (nSPS) is 15.0. The van der Waals surface area contributed by atoms with Crippen LogP contribution in [-0.2, 0) is 17.9 Å². The van der Waals surface area contributed by atoms with Gasteiger partial charge in [0.05, 0.1) is 0 Å². The Kier molecular flexibility index (Phi) is 5.85. The van der Waals surface area contributed by atoms with Gasteiger partial charge in [-0.15, -0.1) is 0 Å². The van der Waals surface area contributed by atoms with Gasteiger partial charge in [0.25, 0.3) is 5.56 Å². The number of nitrogens with one attached hydrogen (secondary N) is 1. The van der Waals surface area contributed by atoms with Gasteiger partial charge >= 0.3 is 11.8 Å². The van der Waals surface area contributed by atoms with Crippen molar-refractivity contribution in [1.29, 1.82) is 0 Å². The van der Waals surface area contributed by atoms with Gasteiger partial charge in [-0.05, 0) is 5.56 Å². The van der Waals surface area contributed by atoms with Gasteiger partial charge in [0.2, 0.25) is 0 Å². The second-order valence-electron chi connectivity index (χ2n) is 6.17. The minimum absolute atomic E-state index is 0.273. The smallest absolute Gasteiger partial charge is 0.410 e. The summed E-state index contributed by atoms with van der Waals surface area (Å²) in [5, 5.41) is 0. The Morgan fingerprint density at radius 3 is 2.42 bits per heavy atom. The molecule has 1 aromatic carbocycles. The standard InChI is InChI=1S/C18H22N4O4/c23-16-6-7-21(17(24)19-16)11-8-20-9-12-22(13-10-20)18(25)26-14-15-4-2-1-3-5-15/h1-7H,8-14H2,(H,19,23,24). The molecule has 0 aliphatic carbocycles. The van der Waals surface area contributed by atoms with Crippen LogP contribution >= 0.6 is 0 Å². The van der Waals surface area contributed by atoms with E-state index >= 15 is 0 Å². The molecule has 8 heteroatoms. The number of benzene rings is 1. The number of nitrogens with zero attached hydrogens (tertiary/aromatic N) is 3. The van der Waals surface area contributed by atoms with Crippen LogP contribution in [-0.4, -0.2) is 58.2 Å². The van der Waals surface area contributed by atoms with E-state index in [1.807, 2.05) is 30.3 Å². The van der Waals surface area contributed by atoms with E-state index in [0.717, 1.165) is 18.7 Å². The van der Waals surface area contributed by atoms with E-state index in [2.05, 4.69) is 9.88 Å². The van der Waals surface area contributed by atoms with Crippen LogP contribution in [0.3, 0.4) is 0 Å². The van der Waals surface area contributed by atoms with Gasteiger partial charge in [-0.3, -0.25) is 19.2 Å². The summed E-state index contributed by atoms with van der Waals surface area (Å²) in [6.07, 6.45) is 1.20. The van der Waals surface area contributed by atoms with Crippen molar-refractivity contribution >= 4 is 6.09 Å². The molecule has 3 rings (SSSR count). The molecular formula is C18H22N4O4. The molecule has 0 bridgehead atoms. The number of aromatic amines is 1. The Hall–Kier alpha value is -2.87. The third-order valence-electron chi connectivity index (χ3n) is 4.39. The third kappa shape index (κ3) is 4.82. The number of carbonyl (C=O) groups excluding carboxylic acids is 1. The molecule has 1 fully saturated rings. The second-order valence-corrected chi connectivity index (χ2v) is 6.17. The van der Waals surface area contributed by atoms with E-state index in [9.17, 15) is 14.4 Å². The van der Waals surface area contributed by atoms with Gasteiger partial charge in [0, 0.05) is 51.5 Å². The van der Waals surface area contributed by atoms with E-state index < -0.39 is 11.2 Å². The molecule has 2 heterocycles. The Morgan fingerprint density at radius 2 is 1.73 bits per heavy atom. The largest absolute Gasteiger partial charge is 0.445 e. The fourth-order valence-corrected chi connectivity index (χ4v) is 2.83. The molecule has 0 spiro atoms. The molecule has 0 unspecified atom stereocenters. The van der Waals surface area contributed by atoms with E-state index in [1.54, 1.807) is 4.90 Å². The number of carbonyl (C=O) groups is 1. The quantitative estimate of drug-likeness (QED) is 0.841. The lowest BCUT2D eigenvalue weighted by atomic mass is 10.2. The summed E-state index contributed by atoms with van der Waals surface area (Å²) in [4.78, 5) is 41.0. The van der Waals surface area contributed by atoms with E-state index in [4.69, 9.17) is 4.74 Å². The Balaban J connectivity index is 1.41. The van der Waals surface area contributed by atoms with Crippen molar-refractivity contribution in [3.05, 3.63) is 69.0 Å². The maximum atomic E-state index is 12.1. The molecule has 1 N–H and O–H groups in total. The van der Waals surface area contributed by atoms with Crippen LogP contribution < -0.4 is 11.2 Å². The number of amides is 1. The monoisotopic (exact) mass is 358 g/mol. The molecular weight excluding hydrogens is 336 g/mol. The number of piperazine rings is 1. The first-order valence-corrected chi connectivity index (χ1v) is 8.59. The Bertz CT molecular complexity index is 838. The van der Waals surface area contributed by atoms with Crippen molar-refractivity contribution in [1.82, 2.24) is 19.4 Å². The molecule has 0 saturated carbocycles. The zero-order valence-corrected chi connectivity index (χ0v) is 14.5. The number of rotatable bonds is 5. The highest BCUT2D eigenvalue weighted by atomic mass is 16.6. The number of hydrogen-bond acceptors (Lipinski definition) is 5. The molecule has 0 atom stereocenters. The highest BCUT2D eigenvalue weighted by Crippen LogP contribution is 2.07. The summed E-state index contributed by atoms with van der Waals surface area (Å²) in [5.41, 5.74) is 0.167. The average Bonchev–Trinajstić information content (AvgIpc) is 2.67. The average molecular weight is 358 g/mol. The Labute approximate surface area is 150 Å². The maximum Gasteiger partial charge on any atom is 0.410 e. The van der Waals surface area contributed by atoms with Crippen LogP contribution in [0.15, 0.2) is 52.2 Å². The van der Waals surface area contributed by atoms with Crippen molar-refractivity contribution in [2.24, 2.45) is 0 Å². The topological polar surface area (TPSA) is 87.6 Å². The molecule has 1 aromatic heterocycles. The highest BCUT2D eigenvalue weighted by molar-refractivity contribution is 5.67. The number of ether oxygens (including phenoxy) is 1. The fourth-order valence-electron chi connectivity index (χ4n) is 2.83. The summed E-state index contributed by atoms with van der Waals surface area (Å²) >= 11 is 0. The molecule has 138 valence electrons. The van der Waals surface area contributed by atoms with Crippen LogP contribution in [0.1, 0.15) is 5.56 Å². The van der Waals surface area contributed by atoms with E-state index in [1.165, 1.54) is 16.8 Å². The molecule has 1 amide bonds. The van der Waals surface area contributed by atoms with Crippen LogP contribution in [0, 0.1) is 0 Å². The predicted octanol–water partition coefficient (Wildman–Crippen LogP) is 0.491. The van der Waals surface area contributed by atoms with Crippen LogP contribution in [0.4, 0.5) is 4.79 Å². The van der Waals surface area contributed by atoms with Gasteiger partial charge < -0.3 is 9.64 Å². The van der Waals surface area contributed by atoms with Crippen molar-refractivity contribution in [2.75, 3.05) is 32.7 Å². The van der Waals surface area contributed by atoms with Gasteiger partial charge in [-0.2, -0.15) is 0 Å². The van der Waals surface area contributed by atoms with Crippen molar-refractivity contribution in [2.45, 2.75) is 13.2 Å². The zero-order chi connectivity index (χ0) is 18.4. The minimum atomic E-state index is -0.402. The molecule has 26 heavy (non-hydrogen) atoms. The molecule has 8 nitrogen and oxygen atoms in total. The minimum Gasteiger partial charge on any atom is -0.445 e. The summed E-state index contributed by atoms with van der Waals surface area (Å²) < 4.78 is 6.82. The lowest BCUT2D eigenvalue weighted by molar-refractivity contribution is 0.0708. The zero-order valence-electron chi connectivity index (χ0n) is 14.5. The fraction of sp³-hybridized carbons (Fsp3) is 0.389. The Morgan fingerprint density at radius 1 is 1.00 bits per heavy atom. The molecule has 1 aliphatic rings. The molecule has 1 aliphatic heterocycles. The summed E-state index contributed by atoms with van der Waals surface area (Å²) in [6.45, 7) is 4.07. The van der Waals surface area contributed by atoms with Gasteiger partial charge in [0.1, 0.15) is 6.61 Å². The second kappa shape index (κ2) is 8.48. The van der Waals surface area contributed by atoms with E-state index in [0.29, 0.717) is 26.2 Å². The van der Waals surface area contributed by atoms with Crippen molar-refractivity contribution in [3.63, 3.8) is 0 Å². The number of H-pyrrole nitrogens is 1. The maximum absolute atomic E-state index is 12.1. The summed E-state index contributed by atoms with van der Waals surface area (Å²) in [7, 11) is 0. The first-order valence-electron chi connectivity index (χ1n) is 8.59. The van der Waals surface area contributed by atoms with Gasteiger partial charge in [-0.25, -0.2) is 9.59 Å². The third-order valence-corrected chi connectivity index (χ3v) is 4.39. The van der Waals surface area contributed by atoms with Crippen LogP contribution in [0.2, 0.25) is 0 Å². The van der Waals surface area contributed by atoms with E-state index in [-0.39, 0.29) is 12.7 Å². The summed E-state index contributed by atoms with van der Waals surface area (Å²) in [5.74, 6) is 0. The number of aromatic nitrogens is 2. The first kappa shape index (κ1) is 17.9. The van der Waals surface area contributed by atoms with Crippen LogP contribution in [0.25, 0.3) is 0 Å².